The molecule has 1 heterocycles. The molecule has 0 amide bonds. The zero-order valence-corrected chi connectivity index (χ0v) is 15.3. The second-order valence-electron chi connectivity index (χ2n) is 6.22. The predicted molar refractivity (Wildman–Crippen MR) is 101 cm³/mol. The third-order valence-corrected chi connectivity index (χ3v) is 4.50. The lowest BCUT2D eigenvalue weighted by Crippen LogP contribution is -2.18. The summed E-state index contributed by atoms with van der Waals surface area (Å²) in [6, 6.07) is 17.7. The molecule has 3 rings (SSSR count). The van der Waals surface area contributed by atoms with Crippen LogP contribution in [0.5, 0.6) is 0 Å². The first-order valence-corrected chi connectivity index (χ1v) is 8.60. The summed E-state index contributed by atoms with van der Waals surface area (Å²) >= 11 is 0. The summed E-state index contributed by atoms with van der Waals surface area (Å²) in [7, 11) is 1.39. The minimum Gasteiger partial charge on any atom is -0.465 e. The number of aromatic nitrogens is 2. The molecule has 1 aromatic heterocycles. The van der Waals surface area contributed by atoms with E-state index in [0.29, 0.717) is 12.1 Å². The molecule has 3 aromatic rings. The fourth-order valence-corrected chi connectivity index (χ4v) is 2.93. The summed E-state index contributed by atoms with van der Waals surface area (Å²) in [5.41, 5.74) is 5.01. The smallest absolute Gasteiger partial charge is 0.337 e. The lowest BCUT2D eigenvalue weighted by molar-refractivity contribution is 0.0600. The van der Waals surface area contributed by atoms with Crippen LogP contribution in [0.2, 0.25) is 0 Å². The van der Waals surface area contributed by atoms with Crippen molar-refractivity contribution in [3.8, 4) is 5.69 Å². The zero-order chi connectivity index (χ0) is 18.5. The summed E-state index contributed by atoms with van der Waals surface area (Å²) in [4.78, 5) is 11.5. The Labute approximate surface area is 153 Å². The Hall–Kier alpha value is -2.92. The summed E-state index contributed by atoms with van der Waals surface area (Å²) in [6.45, 7) is 4.92. The summed E-state index contributed by atoms with van der Waals surface area (Å²) in [5.74, 6) is -0.318. The third kappa shape index (κ3) is 3.83. The summed E-state index contributed by atoms with van der Waals surface area (Å²) in [6.07, 6.45) is 1.92. The van der Waals surface area contributed by atoms with Crippen LogP contribution in [0.25, 0.3) is 5.69 Å². The number of benzene rings is 2. The van der Waals surface area contributed by atoms with Crippen LogP contribution < -0.4 is 5.32 Å². The molecule has 0 aliphatic heterocycles. The first kappa shape index (κ1) is 17.9. The van der Waals surface area contributed by atoms with Crippen LogP contribution in [0.4, 0.5) is 0 Å². The van der Waals surface area contributed by atoms with Crippen molar-refractivity contribution >= 4 is 5.97 Å². The number of para-hydroxylation sites is 1. The first-order chi connectivity index (χ1) is 12.6. The lowest BCUT2D eigenvalue weighted by Gasteiger charge is -2.14. The van der Waals surface area contributed by atoms with E-state index in [4.69, 9.17) is 4.74 Å². The van der Waals surface area contributed by atoms with Gasteiger partial charge in [0.05, 0.1) is 24.6 Å². The number of nitrogens with one attached hydrogen (secondary N) is 1. The van der Waals surface area contributed by atoms with Crippen LogP contribution in [-0.2, 0) is 11.3 Å². The number of esters is 1. The van der Waals surface area contributed by atoms with E-state index in [1.165, 1.54) is 12.7 Å². The number of hydrogen-bond acceptors (Lipinski definition) is 4. The van der Waals surface area contributed by atoms with Gasteiger partial charge in [0, 0.05) is 23.8 Å². The van der Waals surface area contributed by atoms with Crippen LogP contribution in [-0.4, -0.2) is 22.9 Å². The lowest BCUT2D eigenvalue weighted by atomic mass is 10.1. The van der Waals surface area contributed by atoms with Crippen molar-refractivity contribution in [2.45, 2.75) is 26.4 Å². The zero-order valence-electron chi connectivity index (χ0n) is 15.3. The van der Waals surface area contributed by atoms with Crippen molar-refractivity contribution in [3.63, 3.8) is 0 Å². The molecule has 1 atom stereocenters. The summed E-state index contributed by atoms with van der Waals surface area (Å²) in [5, 5.41) is 8.04. The molecule has 0 unspecified atom stereocenters. The van der Waals surface area contributed by atoms with Crippen molar-refractivity contribution in [1.29, 1.82) is 0 Å². The Kier molecular flexibility index (Phi) is 5.49. The van der Waals surface area contributed by atoms with E-state index in [0.717, 1.165) is 16.9 Å². The van der Waals surface area contributed by atoms with Crippen LogP contribution in [0.1, 0.15) is 40.1 Å². The van der Waals surface area contributed by atoms with Crippen LogP contribution >= 0.6 is 0 Å². The molecule has 0 fully saturated rings. The molecule has 0 aliphatic carbocycles. The van der Waals surface area contributed by atoms with Crippen molar-refractivity contribution in [3.05, 3.63) is 83.2 Å². The number of ether oxygens (including phenoxy) is 1. The standard InChI is InChI=1S/C21H23N3O2/c1-15(22-13-17-9-11-18(12-10-17)21(25)26-3)20-14-23-24(16(20)2)19-7-5-4-6-8-19/h4-12,14-15,22H,13H2,1-3H3/t15-/m0/s1. The largest absolute Gasteiger partial charge is 0.465 e. The maximum Gasteiger partial charge on any atom is 0.337 e. The van der Waals surface area contributed by atoms with Gasteiger partial charge in [0.25, 0.3) is 0 Å². The Morgan fingerprint density at radius 3 is 2.50 bits per heavy atom. The minimum absolute atomic E-state index is 0.160. The van der Waals surface area contributed by atoms with Crippen LogP contribution in [0.15, 0.2) is 60.8 Å². The van der Waals surface area contributed by atoms with Gasteiger partial charge in [0.1, 0.15) is 0 Å². The molecule has 0 saturated heterocycles. The summed E-state index contributed by atoms with van der Waals surface area (Å²) < 4.78 is 6.68. The van der Waals surface area contributed by atoms with Gasteiger partial charge in [-0.2, -0.15) is 5.10 Å². The van der Waals surface area contributed by atoms with E-state index in [1.807, 2.05) is 53.3 Å². The molecular weight excluding hydrogens is 326 g/mol. The molecule has 0 saturated carbocycles. The van der Waals surface area contributed by atoms with Crippen molar-refractivity contribution in [1.82, 2.24) is 15.1 Å². The van der Waals surface area contributed by atoms with E-state index in [2.05, 4.69) is 24.3 Å². The quantitative estimate of drug-likeness (QED) is 0.688. The second-order valence-corrected chi connectivity index (χ2v) is 6.22. The molecular formula is C21H23N3O2. The highest BCUT2D eigenvalue weighted by molar-refractivity contribution is 5.89. The van der Waals surface area contributed by atoms with E-state index >= 15 is 0 Å². The van der Waals surface area contributed by atoms with Gasteiger partial charge in [-0.1, -0.05) is 30.3 Å². The molecule has 0 radical (unpaired) electrons. The fourth-order valence-electron chi connectivity index (χ4n) is 2.93. The number of hydrogen-bond donors (Lipinski definition) is 1. The Morgan fingerprint density at radius 1 is 1.15 bits per heavy atom. The first-order valence-electron chi connectivity index (χ1n) is 8.60. The van der Waals surface area contributed by atoms with E-state index in [9.17, 15) is 4.79 Å². The number of nitrogens with zero attached hydrogens (tertiary/aromatic N) is 2. The van der Waals surface area contributed by atoms with Crippen LogP contribution in [0, 0.1) is 6.92 Å². The molecule has 134 valence electrons. The maximum atomic E-state index is 11.5. The van der Waals surface area contributed by atoms with Gasteiger partial charge in [-0.15, -0.1) is 0 Å². The number of carbonyl (C=O) groups is 1. The average molecular weight is 349 g/mol. The molecule has 1 N–H and O–H groups in total. The Bertz CT molecular complexity index is 870. The fraction of sp³-hybridized carbons (Fsp3) is 0.238. The highest BCUT2D eigenvalue weighted by Crippen LogP contribution is 2.20. The Balaban J connectivity index is 1.66. The second kappa shape index (κ2) is 7.97. The molecule has 0 bridgehead atoms. The number of methoxy groups -OCH3 is 1. The van der Waals surface area contributed by atoms with E-state index in [-0.39, 0.29) is 12.0 Å². The highest BCUT2D eigenvalue weighted by Gasteiger charge is 2.14. The number of carbonyl (C=O) groups excluding carboxylic acids is 1. The molecule has 5 heteroatoms. The molecule has 2 aromatic carbocycles. The predicted octanol–water partition coefficient (Wildman–Crippen LogP) is 3.82. The molecule has 0 aliphatic rings. The van der Waals surface area contributed by atoms with Crippen molar-refractivity contribution in [2.75, 3.05) is 7.11 Å². The monoisotopic (exact) mass is 349 g/mol. The Morgan fingerprint density at radius 2 is 1.85 bits per heavy atom. The maximum absolute atomic E-state index is 11.5. The van der Waals surface area contributed by atoms with Gasteiger partial charge >= 0.3 is 5.97 Å². The van der Waals surface area contributed by atoms with Gasteiger partial charge in [0.15, 0.2) is 0 Å². The van der Waals surface area contributed by atoms with Gasteiger partial charge in [-0.25, -0.2) is 9.48 Å². The van der Waals surface area contributed by atoms with Crippen molar-refractivity contribution < 1.29 is 9.53 Å². The number of rotatable bonds is 6. The van der Waals surface area contributed by atoms with Crippen molar-refractivity contribution in [2.24, 2.45) is 0 Å². The van der Waals surface area contributed by atoms with Crippen LogP contribution in [0.3, 0.4) is 0 Å². The third-order valence-electron chi connectivity index (χ3n) is 4.50. The molecule has 5 nitrogen and oxygen atoms in total. The van der Waals surface area contributed by atoms with Gasteiger partial charge in [0.2, 0.25) is 0 Å². The van der Waals surface area contributed by atoms with E-state index in [1.54, 1.807) is 12.1 Å². The highest BCUT2D eigenvalue weighted by atomic mass is 16.5. The SMILES string of the molecule is COC(=O)c1ccc(CN[C@@H](C)c2cnn(-c3ccccc3)c2C)cc1. The average Bonchev–Trinajstić information content (AvgIpc) is 3.08. The normalized spacial score (nSPS) is 12.0. The van der Waals surface area contributed by atoms with Gasteiger partial charge < -0.3 is 10.1 Å². The van der Waals surface area contributed by atoms with Gasteiger partial charge in [-0.05, 0) is 43.7 Å². The minimum atomic E-state index is -0.318. The van der Waals surface area contributed by atoms with Gasteiger partial charge in [-0.3, -0.25) is 0 Å². The van der Waals surface area contributed by atoms with E-state index < -0.39 is 0 Å². The molecule has 26 heavy (non-hydrogen) atoms. The topological polar surface area (TPSA) is 56.1 Å². The molecule has 0 spiro atoms.